The van der Waals surface area contributed by atoms with Gasteiger partial charge in [-0.1, -0.05) is 36.0 Å². The summed E-state index contributed by atoms with van der Waals surface area (Å²) in [6, 6.07) is 15.3. The second-order valence-electron chi connectivity index (χ2n) is 7.87. The van der Waals surface area contributed by atoms with E-state index in [0.717, 1.165) is 30.7 Å². The number of ether oxygens (including phenoxy) is 1. The number of rotatable bonds is 6. The third kappa shape index (κ3) is 4.77. The van der Waals surface area contributed by atoms with E-state index in [0.29, 0.717) is 22.6 Å². The molecule has 0 saturated carbocycles. The molecule has 4 rings (SSSR count). The molecule has 0 aliphatic carbocycles. The van der Waals surface area contributed by atoms with Crippen molar-refractivity contribution in [2.24, 2.45) is 0 Å². The molecule has 1 unspecified atom stereocenters. The van der Waals surface area contributed by atoms with Crippen LogP contribution in [0.2, 0.25) is 0 Å². The molecule has 1 amide bonds. The number of amides is 1. The third-order valence-electron chi connectivity index (χ3n) is 5.77. The number of piperidine rings is 1. The highest BCUT2D eigenvalue weighted by Gasteiger charge is 2.24. The molecule has 1 fully saturated rings. The van der Waals surface area contributed by atoms with Gasteiger partial charge in [-0.05, 0) is 56.0 Å². The van der Waals surface area contributed by atoms with E-state index in [2.05, 4.69) is 6.92 Å². The second-order valence-corrected chi connectivity index (χ2v) is 8.81. The fraction of sp³-hybridized carbons (Fsp3) is 0.375. The van der Waals surface area contributed by atoms with Gasteiger partial charge >= 0.3 is 0 Å². The summed E-state index contributed by atoms with van der Waals surface area (Å²) in [5.41, 5.74) is 1.53. The van der Waals surface area contributed by atoms with Crippen molar-refractivity contribution in [3.05, 3.63) is 64.4 Å². The molecule has 31 heavy (non-hydrogen) atoms. The minimum Gasteiger partial charge on any atom is -0.497 e. The number of aromatic nitrogens is 2. The number of thioether (sulfide) groups is 1. The monoisotopic (exact) mass is 437 g/mol. The molecule has 1 aliphatic heterocycles. The second kappa shape index (κ2) is 9.56. The minimum absolute atomic E-state index is 0.0947. The number of para-hydroxylation sites is 1. The summed E-state index contributed by atoms with van der Waals surface area (Å²) in [6.07, 6.45) is 3.27. The van der Waals surface area contributed by atoms with E-state index < -0.39 is 0 Å². The third-order valence-corrected chi connectivity index (χ3v) is 6.74. The average Bonchev–Trinajstić information content (AvgIpc) is 2.80. The van der Waals surface area contributed by atoms with Crippen molar-refractivity contribution in [2.45, 2.75) is 43.9 Å². The molecule has 0 bridgehead atoms. The fourth-order valence-electron chi connectivity index (χ4n) is 3.99. The Morgan fingerprint density at radius 1 is 1.16 bits per heavy atom. The lowest BCUT2D eigenvalue weighted by molar-refractivity contribution is -0.131. The van der Waals surface area contributed by atoms with Gasteiger partial charge in [0.1, 0.15) is 5.75 Å². The Morgan fingerprint density at radius 3 is 2.68 bits per heavy atom. The molecule has 1 atom stereocenters. The topological polar surface area (TPSA) is 64.4 Å². The van der Waals surface area contributed by atoms with Crippen molar-refractivity contribution < 1.29 is 9.53 Å². The smallest absolute Gasteiger partial charge is 0.262 e. The van der Waals surface area contributed by atoms with Crippen LogP contribution in [0.3, 0.4) is 0 Å². The Hall–Kier alpha value is -2.80. The van der Waals surface area contributed by atoms with Gasteiger partial charge in [0.2, 0.25) is 5.91 Å². The number of hydrogen-bond donors (Lipinski definition) is 0. The maximum atomic E-state index is 13.3. The van der Waals surface area contributed by atoms with E-state index in [1.807, 2.05) is 47.4 Å². The maximum absolute atomic E-state index is 13.3. The summed E-state index contributed by atoms with van der Waals surface area (Å²) < 4.78 is 6.90. The molecule has 2 aromatic carbocycles. The highest BCUT2D eigenvalue weighted by atomic mass is 32.2. The number of benzene rings is 2. The lowest BCUT2D eigenvalue weighted by Gasteiger charge is -2.33. The van der Waals surface area contributed by atoms with E-state index in [4.69, 9.17) is 9.72 Å². The Bertz CT molecular complexity index is 1130. The predicted molar refractivity (Wildman–Crippen MR) is 124 cm³/mol. The molecule has 1 saturated heterocycles. The molecule has 2 heterocycles. The molecule has 6 nitrogen and oxygen atoms in total. The van der Waals surface area contributed by atoms with Crippen LogP contribution in [0, 0.1) is 0 Å². The van der Waals surface area contributed by atoms with Crippen molar-refractivity contribution in [3.63, 3.8) is 0 Å². The Labute approximate surface area is 186 Å². The van der Waals surface area contributed by atoms with Crippen molar-refractivity contribution >= 4 is 28.6 Å². The van der Waals surface area contributed by atoms with Crippen LogP contribution in [0.1, 0.15) is 31.7 Å². The first kappa shape index (κ1) is 21.4. The van der Waals surface area contributed by atoms with Gasteiger partial charge in [0.05, 0.1) is 30.3 Å². The molecule has 162 valence electrons. The molecule has 0 radical (unpaired) electrons. The van der Waals surface area contributed by atoms with Crippen LogP contribution in [0.25, 0.3) is 10.9 Å². The first-order valence-corrected chi connectivity index (χ1v) is 11.6. The zero-order valence-corrected chi connectivity index (χ0v) is 18.7. The predicted octanol–water partition coefficient (Wildman–Crippen LogP) is 3.95. The van der Waals surface area contributed by atoms with Gasteiger partial charge in [-0.15, -0.1) is 0 Å². The maximum Gasteiger partial charge on any atom is 0.262 e. The number of carbonyl (C=O) groups excluding carboxylic acids is 1. The zero-order valence-electron chi connectivity index (χ0n) is 17.9. The first-order chi connectivity index (χ1) is 15.1. The van der Waals surface area contributed by atoms with E-state index in [-0.39, 0.29) is 23.3 Å². The van der Waals surface area contributed by atoms with Gasteiger partial charge in [0, 0.05) is 12.6 Å². The van der Waals surface area contributed by atoms with Crippen LogP contribution in [0.4, 0.5) is 0 Å². The van der Waals surface area contributed by atoms with E-state index in [1.54, 1.807) is 17.7 Å². The van der Waals surface area contributed by atoms with Crippen molar-refractivity contribution in [1.82, 2.24) is 14.5 Å². The Balaban J connectivity index is 1.63. The number of methoxy groups -OCH3 is 1. The highest BCUT2D eigenvalue weighted by molar-refractivity contribution is 7.99. The number of hydrogen-bond acceptors (Lipinski definition) is 5. The van der Waals surface area contributed by atoms with Crippen LogP contribution in [-0.2, 0) is 11.3 Å². The first-order valence-electron chi connectivity index (χ1n) is 10.6. The summed E-state index contributed by atoms with van der Waals surface area (Å²) in [5.74, 6) is 1.15. The van der Waals surface area contributed by atoms with Crippen LogP contribution >= 0.6 is 11.8 Å². The number of fused-ring (bicyclic) bond motifs is 1. The summed E-state index contributed by atoms with van der Waals surface area (Å²) in [5, 5.41) is 1.15. The van der Waals surface area contributed by atoms with Gasteiger partial charge in [-0.25, -0.2) is 4.98 Å². The van der Waals surface area contributed by atoms with Crippen LogP contribution < -0.4 is 10.3 Å². The number of likely N-dealkylation sites (tertiary alicyclic amines) is 1. The fourth-order valence-corrected chi connectivity index (χ4v) is 4.87. The summed E-state index contributed by atoms with van der Waals surface area (Å²) in [4.78, 5) is 32.8. The summed E-state index contributed by atoms with van der Waals surface area (Å²) >= 11 is 1.34. The van der Waals surface area contributed by atoms with Crippen LogP contribution in [0.15, 0.2) is 58.5 Å². The van der Waals surface area contributed by atoms with Crippen molar-refractivity contribution in [1.29, 1.82) is 0 Å². The molecule has 7 heteroatoms. The van der Waals surface area contributed by atoms with E-state index in [9.17, 15) is 9.59 Å². The largest absolute Gasteiger partial charge is 0.497 e. The Kier molecular flexibility index (Phi) is 6.61. The molecule has 1 aromatic heterocycles. The van der Waals surface area contributed by atoms with Gasteiger partial charge in [-0.2, -0.15) is 0 Å². The molecular weight excluding hydrogens is 410 g/mol. The van der Waals surface area contributed by atoms with E-state index >= 15 is 0 Å². The van der Waals surface area contributed by atoms with Crippen LogP contribution in [0.5, 0.6) is 5.75 Å². The minimum atomic E-state index is -0.0947. The van der Waals surface area contributed by atoms with Gasteiger partial charge in [0.25, 0.3) is 5.56 Å². The normalized spacial score (nSPS) is 16.5. The zero-order chi connectivity index (χ0) is 21.8. The lowest BCUT2D eigenvalue weighted by Crippen LogP contribution is -2.43. The number of carbonyl (C=O) groups is 1. The van der Waals surface area contributed by atoms with Gasteiger partial charge < -0.3 is 9.64 Å². The van der Waals surface area contributed by atoms with Gasteiger partial charge in [-0.3, -0.25) is 14.2 Å². The Morgan fingerprint density at radius 2 is 1.94 bits per heavy atom. The van der Waals surface area contributed by atoms with E-state index in [1.165, 1.54) is 18.2 Å². The van der Waals surface area contributed by atoms with Gasteiger partial charge in [0.15, 0.2) is 5.16 Å². The summed E-state index contributed by atoms with van der Waals surface area (Å²) in [7, 11) is 1.63. The molecule has 0 spiro atoms. The molecular formula is C24H27N3O3S. The lowest BCUT2D eigenvalue weighted by atomic mass is 10.0. The molecule has 1 aliphatic rings. The summed E-state index contributed by atoms with van der Waals surface area (Å²) in [6.45, 7) is 3.30. The average molecular weight is 438 g/mol. The SMILES string of the molecule is COc1ccc(Cn2c(SCC(=O)N3CCCCC3C)nc3ccccc3c2=O)cc1. The highest BCUT2D eigenvalue weighted by Crippen LogP contribution is 2.23. The standard InChI is InChI=1S/C24H27N3O3S/c1-17-7-5-6-14-26(17)22(28)16-31-24-25-21-9-4-3-8-20(21)23(29)27(24)15-18-10-12-19(30-2)13-11-18/h3-4,8-13,17H,5-7,14-16H2,1-2H3. The quantitative estimate of drug-likeness (QED) is 0.432. The molecule has 3 aromatic rings. The number of nitrogens with zero attached hydrogens (tertiary/aromatic N) is 3. The van der Waals surface area contributed by atoms with Crippen LogP contribution in [-0.4, -0.2) is 45.8 Å². The van der Waals surface area contributed by atoms with Crippen molar-refractivity contribution in [2.75, 3.05) is 19.4 Å². The van der Waals surface area contributed by atoms with Crippen molar-refractivity contribution in [3.8, 4) is 5.75 Å². The molecule has 0 N–H and O–H groups in total.